The number of hydrogen-bond acceptors (Lipinski definition) is 5. The Morgan fingerprint density at radius 3 is 1.74 bits per heavy atom. The molecule has 23 heavy (non-hydrogen) atoms. The molecular weight excluding hydrogens is 373 g/mol. The average molecular weight is 378 g/mol. The molecule has 1 aromatic rings. The van der Waals surface area contributed by atoms with E-state index in [4.69, 9.17) is 0 Å². The molecule has 0 heterocycles. The van der Waals surface area contributed by atoms with Gasteiger partial charge >= 0.3 is 29.4 Å². The maximum absolute atomic E-state index is 13.4. The van der Waals surface area contributed by atoms with E-state index in [1.165, 1.54) is 0 Å². The van der Waals surface area contributed by atoms with Crippen molar-refractivity contribution in [2.75, 3.05) is 0 Å². The van der Waals surface area contributed by atoms with E-state index >= 15 is 0 Å². The Hall–Kier alpha value is -0.743. The third kappa shape index (κ3) is 3.39. The monoisotopic (exact) mass is 378 g/mol. The Bertz CT molecular complexity index is 821. The topological polar surface area (TPSA) is 91.3 Å². The number of hydrogen-bond donors (Lipinski definition) is 0. The van der Waals surface area contributed by atoms with Crippen molar-refractivity contribution in [2.45, 2.75) is 22.3 Å². The van der Waals surface area contributed by atoms with Gasteiger partial charge in [0.2, 0.25) is 0 Å². The van der Waals surface area contributed by atoms with Crippen LogP contribution in [0.4, 0.5) is 26.3 Å². The van der Waals surface area contributed by atoms with Gasteiger partial charge < -0.3 is 4.55 Å². The van der Waals surface area contributed by atoms with Gasteiger partial charge in [-0.2, -0.15) is 17.6 Å². The van der Waals surface area contributed by atoms with Gasteiger partial charge in [-0.25, -0.2) is 25.6 Å². The van der Waals surface area contributed by atoms with Crippen LogP contribution in [0.1, 0.15) is 5.56 Å². The Labute approximate surface area is 138 Å². The number of rotatable bonds is 4. The van der Waals surface area contributed by atoms with Gasteiger partial charge in [0.05, 0.1) is 0 Å². The van der Waals surface area contributed by atoms with Crippen molar-refractivity contribution >= 4 is 20.0 Å². The van der Waals surface area contributed by atoms with Crippen molar-refractivity contribution in [1.82, 2.24) is 0 Å². The van der Waals surface area contributed by atoms with Crippen LogP contribution in [0.3, 0.4) is 0 Å². The first kappa shape index (κ1) is 22.3. The average Bonchev–Trinajstić information content (AvgIpc) is 2.31. The summed E-state index contributed by atoms with van der Waals surface area (Å²) < 4.78 is 132. The zero-order chi connectivity index (χ0) is 17.7. The number of halogens is 6. The molecule has 0 radical (unpaired) electrons. The fraction of sp³-hybridized carbons (Fsp3) is 0.333. The van der Waals surface area contributed by atoms with E-state index in [1.54, 1.807) is 0 Å². The maximum Gasteiger partial charge on any atom is 1.00 e. The minimum Gasteiger partial charge on any atom is -0.743 e. The Morgan fingerprint density at radius 2 is 1.35 bits per heavy atom. The van der Waals surface area contributed by atoms with Gasteiger partial charge in [-0.05, 0) is 24.6 Å². The van der Waals surface area contributed by atoms with Gasteiger partial charge in [-0.3, -0.25) is 0 Å². The van der Waals surface area contributed by atoms with Crippen LogP contribution in [0.2, 0.25) is 0 Å². The summed E-state index contributed by atoms with van der Waals surface area (Å²) >= 11 is 0. The van der Waals surface area contributed by atoms with Gasteiger partial charge in [0, 0.05) is 0 Å². The summed E-state index contributed by atoms with van der Waals surface area (Å²) in [6.07, 6.45) is 0. The molecule has 0 amide bonds. The fourth-order valence-corrected chi connectivity index (χ4v) is 3.36. The minimum atomic E-state index is -7.11. The number of alkyl halides is 4. The van der Waals surface area contributed by atoms with Crippen LogP contribution in [-0.2, 0) is 20.0 Å². The van der Waals surface area contributed by atoms with E-state index in [9.17, 15) is 47.7 Å². The first-order chi connectivity index (χ1) is 9.57. The molecule has 0 atom stereocenters. The predicted octanol–water partition coefficient (Wildman–Crippen LogP) is -1.22. The van der Waals surface area contributed by atoms with Crippen LogP contribution in [0, 0.1) is 18.6 Å². The summed E-state index contributed by atoms with van der Waals surface area (Å²) in [5, 5.41) is -13.1. The third-order valence-electron chi connectivity index (χ3n) is 2.49. The zero-order valence-corrected chi connectivity index (χ0v) is 12.9. The Morgan fingerprint density at radius 1 is 0.913 bits per heavy atom. The van der Waals surface area contributed by atoms with E-state index in [1.807, 2.05) is 0 Å². The van der Waals surface area contributed by atoms with Crippen molar-refractivity contribution in [3.63, 3.8) is 0 Å². The zero-order valence-electron chi connectivity index (χ0n) is 11.3. The molecule has 1 aromatic carbocycles. The Kier molecular flexibility index (Phi) is 6.08. The molecule has 0 saturated carbocycles. The van der Waals surface area contributed by atoms with E-state index in [0.29, 0.717) is 0 Å². The molecule has 0 unspecified atom stereocenters. The van der Waals surface area contributed by atoms with Gasteiger partial charge in [0.15, 0.2) is 10.1 Å². The van der Waals surface area contributed by atoms with Gasteiger partial charge in [0.25, 0.3) is 9.84 Å². The second-order valence-electron chi connectivity index (χ2n) is 4.02. The second-order valence-corrected chi connectivity index (χ2v) is 7.40. The van der Waals surface area contributed by atoms with Crippen LogP contribution in [-0.4, -0.2) is 31.9 Å². The van der Waals surface area contributed by atoms with Gasteiger partial charge in [-0.1, -0.05) is 0 Å². The van der Waals surface area contributed by atoms with Crippen LogP contribution in [0.5, 0.6) is 0 Å². The van der Waals surface area contributed by atoms with Gasteiger partial charge in [-0.15, -0.1) is 0 Å². The SMILES string of the molecule is Cc1cc(F)c(S(=O)(=O)C(F)(F)C(F)(F)S(=O)(=O)[O-])cc1F.[Li+]. The molecular formula is C9H5F6LiO5S2. The number of aryl methyl sites for hydroxylation is 1. The summed E-state index contributed by atoms with van der Waals surface area (Å²) in [7, 11) is -13.8. The number of sulfone groups is 1. The first-order valence-corrected chi connectivity index (χ1v) is 7.88. The minimum absolute atomic E-state index is 0. The fourth-order valence-electron chi connectivity index (χ4n) is 1.27. The van der Waals surface area contributed by atoms with Crippen molar-refractivity contribution < 1.29 is 66.6 Å². The van der Waals surface area contributed by atoms with Crippen molar-refractivity contribution in [3.8, 4) is 0 Å². The number of benzene rings is 1. The molecule has 0 aliphatic rings. The summed E-state index contributed by atoms with van der Waals surface area (Å²) in [6, 6.07) is -0.191. The van der Waals surface area contributed by atoms with E-state index in [-0.39, 0.29) is 31.0 Å². The molecule has 0 aromatic heterocycles. The normalized spacial score (nSPS) is 13.6. The Balaban J connectivity index is 0.00000484. The molecule has 0 bridgehead atoms. The molecule has 14 heteroatoms. The van der Waals surface area contributed by atoms with Crippen LogP contribution >= 0.6 is 0 Å². The molecule has 5 nitrogen and oxygen atoms in total. The molecule has 1 rings (SSSR count). The summed E-state index contributed by atoms with van der Waals surface area (Å²) in [5.41, 5.74) is -0.525. The molecule has 0 aliphatic heterocycles. The molecule has 0 spiro atoms. The largest absolute Gasteiger partial charge is 1.00 e. The van der Waals surface area contributed by atoms with Crippen LogP contribution in [0.15, 0.2) is 17.0 Å². The quantitative estimate of drug-likeness (QED) is 0.372. The third-order valence-corrected chi connectivity index (χ3v) is 5.33. The molecule has 0 N–H and O–H groups in total. The van der Waals surface area contributed by atoms with E-state index in [0.717, 1.165) is 6.92 Å². The maximum atomic E-state index is 13.4. The second kappa shape index (κ2) is 6.28. The first-order valence-electron chi connectivity index (χ1n) is 4.98. The van der Waals surface area contributed by atoms with Crippen molar-refractivity contribution in [2.24, 2.45) is 0 Å². The van der Waals surface area contributed by atoms with E-state index in [2.05, 4.69) is 0 Å². The van der Waals surface area contributed by atoms with Crippen LogP contribution < -0.4 is 18.9 Å². The molecule has 0 aliphatic carbocycles. The van der Waals surface area contributed by atoms with Gasteiger partial charge in [0.1, 0.15) is 16.5 Å². The van der Waals surface area contributed by atoms with Crippen molar-refractivity contribution in [1.29, 1.82) is 0 Å². The summed E-state index contributed by atoms with van der Waals surface area (Å²) in [5.74, 6) is -3.54. The standard InChI is InChI=1S/C9H6F6O5S2.Li/c1-4-2-6(11)7(3-5(4)10)21(16,17)8(12,13)9(14,15)22(18,19)20;/h2-3H,1H3,(H,18,19,20);/q;+1/p-1. The summed E-state index contributed by atoms with van der Waals surface area (Å²) in [4.78, 5) is -2.20. The van der Waals surface area contributed by atoms with Crippen LogP contribution in [0.25, 0.3) is 0 Å². The van der Waals surface area contributed by atoms with E-state index < -0.39 is 52.6 Å². The summed E-state index contributed by atoms with van der Waals surface area (Å²) in [6.45, 7) is 0.920. The van der Waals surface area contributed by atoms with Crippen molar-refractivity contribution in [3.05, 3.63) is 29.3 Å². The predicted molar refractivity (Wildman–Crippen MR) is 57.9 cm³/mol. The smallest absolute Gasteiger partial charge is 0.743 e. The molecule has 0 fully saturated rings. The molecule has 0 saturated heterocycles. The molecule has 126 valence electrons.